The van der Waals surface area contributed by atoms with Gasteiger partial charge >= 0.3 is 0 Å². The predicted octanol–water partition coefficient (Wildman–Crippen LogP) is 1.75. The molecule has 2 nitrogen and oxygen atoms in total. The summed E-state index contributed by atoms with van der Waals surface area (Å²) in [7, 11) is 0. The molecular formula is C10H12O2. The Bertz CT molecular complexity index is 280. The van der Waals surface area contributed by atoms with Crippen molar-refractivity contribution in [2.75, 3.05) is 0 Å². The Balaban J connectivity index is 3.11. The second-order valence-corrected chi connectivity index (χ2v) is 2.95. The Hall–Kier alpha value is -1.31. The van der Waals surface area contributed by atoms with Crippen molar-refractivity contribution in [1.82, 2.24) is 0 Å². The Labute approximate surface area is 71.8 Å². The molecule has 0 bridgehead atoms. The molecule has 0 heterocycles. The number of rotatable bonds is 2. The van der Waals surface area contributed by atoms with Crippen LogP contribution in [-0.4, -0.2) is 11.4 Å². The van der Waals surface area contributed by atoms with Gasteiger partial charge in [-0.2, -0.15) is 0 Å². The minimum atomic E-state index is 0.324. The largest absolute Gasteiger partial charge is 0.507 e. The van der Waals surface area contributed by atoms with E-state index in [9.17, 15) is 9.90 Å². The number of hydrogen-bond donors (Lipinski definition) is 1. The highest BCUT2D eigenvalue weighted by Gasteiger charge is 2.02. The van der Waals surface area contributed by atoms with Crippen molar-refractivity contribution >= 4 is 6.29 Å². The van der Waals surface area contributed by atoms with Crippen LogP contribution >= 0.6 is 0 Å². The third-order valence-electron chi connectivity index (χ3n) is 1.87. The van der Waals surface area contributed by atoms with E-state index >= 15 is 0 Å². The number of carbonyl (C=O) groups excluding carboxylic acids is 1. The van der Waals surface area contributed by atoms with Crippen molar-refractivity contribution in [1.29, 1.82) is 0 Å². The molecule has 0 aliphatic rings. The number of hydrogen-bond acceptors (Lipinski definition) is 2. The second kappa shape index (κ2) is 3.39. The molecule has 0 saturated carbocycles. The molecule has 0 aromatic heterocycles. The van der Waals surface area contributed by atoms with Gasteiger partial charge in [-0.25, -0.2) is 0 Å². The zero-order valence-electron chi connectivity index (χ0n) is 7.29. The fourth-order valence-corrected chi connectivity index (χ4v) is 1.26. The fraction of sp³-hybridized carbons (Fsp3) is 0.300. The molecule has 0 aliphatic heterocycles. The molecule has 0 saturated heterocycles. The smallest absolute Gasteiger partial charge is 0.124 e. The summed E-state index contributed by atoms with van der Waals surface area (Å²) in [4.78, 5) is 10.2. The van der Waals surface area contributed by atoms with Crippen LogP contribution in [0.2, 0.25) is 0 Å². The van der Waals surface area contributed by atoms with Crippen molar-refractivity contribution in [3.63, 3.8) is 0 Å². The Morgan fingerprint density at radius 3 is 2.25 bits per heavy atom. The predicted molar refractivity (Wildman–Crippen MR) is 47.3 cm³/mol. The number of carbonyl (C=O) groups is 1. The molecule has 0 aliphatic carbocycles. The highest BCUT2D eigenvalue weighted by molar-refractivity contribution is 5.56. The average Bonchev–Trinajstić information content (AvgIpc) is 2.01. The van der Waals surface area contributed by atoms with Gasteiger partial charge in [-0.1, -0.05) is 12.1 Å². The maximum atomic E-state index is 10.2. The van der Waals surface area contributed by atoms with Gasteiger partial charge in [0, 0.05) is 6.42 Å². The Morgan fingerprint density at radius 1 is 1.33 bits per heavy atom. The van der Waals surface area contributed by atoms with Gasteiger partial charge < -0.3 is 9.90 Å². The van der Waals surface area contributed by atoms with E-state index in [1.807, 2.05) is 26.0 Å². The minimum absolute atomic E-state index is 0.324. The lowest BCUT2D eigenvalue weighted by atomic mass is 10.0. The van der Waals surface area contributed by atoms with Crippen LogP contribution in [0.1, 0.15) is 16.7 Å². The molecule has 1 aromatic carbocycles. The van der Waals surface area contributed by atoms with Crippen LogP contribution in [-0.2, 0) is 11.2 Å². The zero-order valence-corrected chi connectivity index (χ0v) is 7.29. The summed E-state index contributed by atoms with van der Waals surface area (Å²) in [6.07, 6.45) is 1.28. The lowest BCUT2D eigenvalue weighted by Crippen LogP contribution is -1.89. The molecule has 0 radical (unpaired) electrons. The van der Waals surface area contributed by atoms with E-state index in [1.165, 1.54) is 0 Å². The van der Waals surface area contributed by atoms with E-state index in [-0.39, 0.29) is 0 Å². The fourth-order valence-electron chi connectivity index (χ4n) is 1.26. The highest BCUT2D eigenvalue weighted by atomic mass is 16.3. The number of aryl methyl sites for hydroxylation is 2. The van der Waals surface area contributed by atoms with E-state index in [2.05, 4.69) is 0 Å². The molecule has 0 fully saturated rings. The maximum Gasteiger partial charge on any atom is 0.124 e. The van der Waals surface area contributed by atoms with E-state index in [4.69, 9.17) is 0 Å². The summed E-state index contributed by atoms with van der Waals surface area (Å²) in [5.74, 6) is 0.324. The van der Waals surface area contributed by atoms with Gasteiger partial charge in [-0.3, -0.25) is 0 Å². The lowest BCUT2D eigenvalue weighted by molar-refractivity contribution is -0.107. The SMILES string of the molecule is Cc1cc(CC=O)cc(C)c1O. The van der Waals surface area contributed by atoms with Gasteiger partial charge in [0.2, 0.25) is 0 Å². The first-order valence-corrected chi connectivity index (χ1v) is 3.88. The van der Waals surface area contributed by atoms with Crippen molar-refractivity contribution in [3.05, 3.63) is 28.8 Å². The van der Waals surface area contributed by atoms with E-state index in [1.54, 1.807) is 0 Å². The summed E-state index contributed by atoms with van der Waals surface area (Å²) in [5.41, 5.74) is 2.61. The number of phenols is 1. The number of aldehydes is 1. The first-order valence-electron chi connectivity index (χ1n) is 3.88. The molecular weight excluding hydrogens is 152 g/mol. The quantitative estimate of drug-likeness (QED) is 0.676. The van der Waals surface area contributed by atoms with Gasteiger partial charge in [0.15, 0.2) is 0 Å². The molecule has 2 heteroatoms. The highest BCUT2D eigenvalue weighted by Crippen LogP contribution is 2.22. The molecule has 64 valence electrons. The summed E-state index contributed by atoms with van der Waals surface area (Å²) in [5, 5.41) is 9.41. The van der Waals surface area contributed by atoms with Crippen LogP contribution in [0.4, 0.5) is 0 Å². The Kier molecular flexibility index (Phi) is 2.48. The second-order valence-electron chi connectivity index (χ2n) is 2.95. The van der Waals surface area contributed by atoms with Gasteiger partial charge in [-0.05, 0) is 30.5 Å². The summed E-state index contributed by atoms with van der Waals surface area (Å²) in [6.45, 7) is 3.66. The van der Waals surface area contributed by atoms with Crippen molar-refractivity contribution < 1.29 is 9.90 Å². The molecule has 1 aromatic rings. The van der Waals surface area contributed by atoms with Gasteiger partial charge in [0.1, 0.15) is 12.0 Å². The van der Waals surface area contributed by atoms with Crippen LogP contribution in [0.15, 0.2) is 12.1 Å². The van der Waals surface area contributed by atoms with Gasteiger partial charge in [0.25, 0.3) is 0 Å². The molecule has 0 spiro atoms. The zero-order chi connectivity index (χ0) is 9.14. The van der Waals surface area contributed by atoms with E-state index in [0.717, 1.165) is 23.0 Å². The molecule has 0 amide bonds. The summed E-state index contributed by atoms with van der Waals surface area (Å²) in [6, 6.07) is 3.66. The van der Waals surface area contributed by atoms with Crippen molar-refractivity contribution in [3.8, 4) is 5.75 Å². The monoisotopic (exact) mass is 164 g/mol. The first kappa shape index (κ1) is 8.78. The molecule has 1 N–H and O–H groups in total. The lowest BCUT2D eigenvalue weighted by Gasteiger charge is -2.04. The van der Waals surface area contributed by atoms with Crippen LogP contribution in [0.5, 0.6) is 5.75 Å². The summed E-state index contributed by atoms with van der Waals surface area (Å²) >= 11 is 0. The average molecular weight is 164 g/mol. The number of phenolic OH excluding ortho intramolecular Hbond substituents is 1. The van der Waals surface area contributed by atoms with E-state index in [0.29, 0.717) is 12.2 Å². The standard InChI is InChI=1S/C10H12O2/c1-7-5-9(3-4-11)6-8(2)10(7)12/h4-6,12H,3H2,1-2H3. The number of benzene rings is 1. The maximum absolute atomic E-state index is 10.2. The third kappa shape index (κ3) is 1.64. The van der Waals surface area contributed by atoms with Crippen LogP contribution < -0.4 is 0 Å². The van der Waals surface area contributed by atoms with Gasteiger partial charge in [-0.15, -0.1) is 0 Å². The van der Waals surface area contributed by atoms with Crippen LogP contribution in [0.3, 0.4) is 0 Å². The summed E-state index contributed by atoms with van der Waals surface area (Å²) < 4.78 is 0. The van der Waals surface area contributed by atoms with E-state index < -0.39 is 0 Å². The molecule has 0 unspecified atom stereocenters. The number of aromatic hydroxyl groups is 1. The van der Waals surface area contributed by atoms with Crippen LogP contribution in [0, 0.1) is 13.8 Å². The molecule has 12 heavy (non-hydrogen) atoms. The van der Waals surface area contributed by atoms with Crippen molar-refractivity contribution in [2.45, 2.75) is 20.3 Å². The third-order valence-corrected chi connectivity index (χ3v) is 1.87. The first-order chi connectivity index (χ1) is 5.65. The normalized spacial score (nSPS) is 9.83. The van der Waals surface area contributed by atoms with Gasteiger partial charge in [0.05, 0.1) is 0 Å². The van der Waals surface area contributed by atoms with Crippen LogP contribution in [0.25, 0.3) is 0 Å². The minimum Gasteiger partial charge on any atom is -0.507 e. The topological polar surface area (TPSA) is 37.3 Å². The Morgan fingerprint density at radius 2 is 1.83 bits per heavy atom. The van der Waals surface area contributed by atoms with Crippen molar-refractivity contribution in [2.24, 2.45) is 0 Å². The molecule has 1 rings (SSSR count). The molecule has 0 atom stereocenters.